The van der Waals surface area contributed by atoms with Crippen molar-refractivity contribution in [2.45, 2.75) is 38.5 Å². The molecule has 0 saturated carbocycles. The van der Waals surface area contributed by atoms with E-state index in [1.807, 2.05) is 18.2 Å². The van der Waals surface area contributed by atoms with Crippen molar-refractivity contribution in [1.29, 1.82) is 0 Å². The number of unbranched alkanes of at least 4 members (excludes halogenated alkanes) is 4. The monoisotopic (exact) mass is 452 g/mol. The maximum absolute atomic E-state index is 10.1. The van der Waals surface area contributed by atoms with Crippen LogP contribution in [0.4, 0.5) is 5.69 Å². The summed E-state index contributed by atoms with van der Waals surface area (Å²) in [7, 11) is 0. The van der Waals surface area contributed by atoms with E-state index in [2.05, 4.69) is 38.2 Å². The number of hydrogen-bond acceptors (Lipinski definition) is 6. The fraction of sp³-hybridized carbons (Fsp3) is 0.652. The first kappa shape index (κ1) is 25.4. The summed E-state index contributed by atoms with van der Waals surface area (Å²) < 4.78 is 0. The number of piperazine rings is 1. The minimum atomic E-state index is -0.712. The number of benzene rings is 1. The second-order valence-electron chi connectivity index (χ2n) is 8.07. The van der Waals surface area contributed by atoms with Gasteiger partial charge in [-0.05, 0) is 56.6 Å². The molecule has 1 aliphatic heterocycles. The summed E-state index contributed by atoms with van der Waals surface area (Å²) in [5.74, 6) is 0. The predicted octanol–water partition coefficient (Wildman–Crippen LogP) is 4.50. The van der Waals surface area contributed by atoms with Crippen LogP contribution in [0, 0.1) is 10.1 Å². The lowest BCUT2D eigenvalue weighted by Crippen LogP contribution is -2.47. The van der Waals surface area contributed by atoms with Gasteiger partial charge in [0.25, 0.3) is 5.09 Å². The number of nitrogens with zero attached hydrogens (tertiary/aromatic N) is 4. The molecule has 0 spiro atoms. The van der Waals surface area contributed by atoms with Gasteiger partial charge in [-0.3, -0.25) is 0 Å². The molecule has 0 N–H and O–H groups in total. The van der Waals surface area contributed by atoms with E-state index >= 15 is 0 Å². The highest BCUT2D eigenvalue weighted by molar-refractivity contribution is 6.30. The second-order valence-corrected chi connectivity index (χ2v) is 8.51. The van der Waals surface area contributed by atoms with Crippen LogP contribution in [0.2, 0.25) is 5.02 Å². The van der Waals surface area contributed by atoms with Crippen LogP contribution < -0.4 is 4.90 Å². The molecule has 1 aliphatic rings. The molecule has 1 fully saturated rings. The van der Waals surface area contributed by atoms with E-state index in [9.17, 15) is 10.1 Å². The summed E-state index contributed by atoms with van der Waals surface area (Å²) in [4.78, 5) is 21.9. The molecule has 8 heteroatoms. The van der Waals surface area contributed by atoms with Crippen LogP contribution in [-0.2, 0) is 4.84 Å². The number of halogens is 1. The minimum Gasteiger partial charge on any atom is -0.368 e. The normalized spacial score (nSPS) is 15.0. The molecule has 1 heterocycles. The average molecular weight is 453 g/mol. The highest BCUT2D eigenvalue weighted by atomic mass is 35.5. The maximum Gasteiger partial charge on any atom is 0.294 e. The second kappa shape index (κ2) is 15.1. The van der Waals surface area contributed by atoms with Crippen molar-refractivity contribution >= 4 is 17.3 Å². The molecule has 1 aromatic rings. The molecule has 0 radical (unpaired) electrons. The van der Waals surface area contributed by atoms with E-state index in [-0.39, 0.29) is 6.61 Å². The third-order valence-electron chi connectivity index (χ3n) is 5.72. The van der Waals surface area contributed by atoms with Crippen LogP contribution >= 0.6 is 11.6 Å². The Hall–Kier alpha value is -1.83. The Labute approximate surface area is 191 Å². The molecule has 7 nitrogen and oxygen atoms in total. The minimum absolute atomic E-state index is 0.222. The van der Waals surface area contributed by atoms with E-state index in [1.54, 1.807) is 0 Å². The third kappa shape index (κ3) is 10.8. The van der Waals surface area contributed by atoms with Crippen molar-refractivity contribution in [3.8, 4) is 0 Å². The van der Waals surface area contributed by atoms with Crippen molar-refractivity contribution < 1.29 is 9.92 Å². The standard InChI is InChI=1S/C23H37ClN4O3/c1-2-13-27(23-11-9-22(24)10-12-23)16-8-15-26-19-17-25(18-20-26)14-6-4-3-5-7-21-31-28(29)30/h2,9-12H,1,3-8,13-21H2. The quantitative estimate of drug-likeness (QED) is 0.159. The molecule has 174 valence electrons. The summed E-state index contributed by atoms with van der Waals surface area (Å²) >= 11 is 6.01. The van der Waals surface area contributed by atoms with E-state index in [1.165, 1.54) is 18.5 Å². The van der Waals surface area contributed by atoms with Crippen LogP contribution in [0.3, 0.4) is 0 Å². The Morgan fingerprint density at radius 1 is 1.00 bits per heavy atom. The van der Waals surface area contributed by atoms with Gasteiger partial charge in [0.1, 0.15) is 0 Å². The maximum atomic E-state index is 10.1. The molecular weight excluding hydrogens is 416 g/mol. The predicted molar refractivity (Wildman–Crippen MR) is 127 cm³/mol. The first-order valence-electron chi connectivity index (χ1n) is 11.4. The highest BCUT2D eigenvalue weighted by Crippen LogP contribution is 2.18. The molecule has 0 atom stereocenters. The molecular formula is C23H37ClN4O3. The van der Waals surface area contributed by atoms with E-state index in [0.717, 1.165) is 83.1 Å². The number of rotatable bonds is 16. The first-order chi connectivity index (χ1) is 15.1. The lowest BCUT2D eigenvalue weighted by Gasteiger charge is -2.35. The van der Waals surface area contributed by atoms with Crippen LogP contribution in [0.5, 0.6) is 0 Å². The molecule has 31 heavy (non-hydrogen) atoms. The topological polar surface area (TPSA) is 62.1 Å². The summed E-state index contributed by atoms with van der Waals surface area (Å²) in [5.41, 5.74) is 1.19. The van der Waals surface area contributed by atoms with Crippen molar-refractivity contribution in [3.63, 3.8) is 0 Å². The summed E-state index contributed by atoms with van der Waals surface area (Å²) in [6, 6.07) is 8.03. The summed E-state index contributed by atoms with van der Waals surface area (Å²) in [6.45, 7) is 12.8. The van der Waals surface area contributed by atoms with E-state index in [0.29, 0.717) is 0 Å². The van der Waals surface area contributed by atoms with Gasteiger partial charge in [-0.2, -0.15) is 0 Å². The Balaban J connectivity index is 1.52. The summed E-state index contributed by atoms with van der Waals surface area (Å²) in [5, 5.41) is 10.1. The largest absolute Gasteiger partial charge is 0.368 e. The van der Waals surface area contributed by atoms with Gasteiger partial charge in [-0.25, -0.2) is 0 Å². The third-order valence-corrected chi connectivity index (χ3v) is 5.98. The molecule has 0 amide bonds. The Morgan fingerprint density at radius 2 is 1.58 bits per heavy atom. The smallest absolute Gasteiger partial charge is 0.294 e. The van der Waals surface area contributed by atoms with E-state index in [4.69, 9.17) is 11.6 Å². The van der Waals surface area contributed by atoms with Gasteiger partial charge in [-0.15, -0.1) is 16.7 Å². The van der Waals surface area contributed by atoms with Crippen LogP contribution in [0.15, 0.2) is 36.9 Å². The molecule has 0 bridgehead atoms. The Bertz CT molecular complexity index is 636. The van der Waals surface area contributed by atoms with E-state index < -0.39 is 5.09 Å². The molecule has 2 rings (SSSR count). The van der Waals surface area contributed by atoms with Crippen molar-refractivity contribution in [3.05, 3.63) is 52.1 Å². The van der Waals surface area contributed by atoms with Crippen LogP contribution in [-0.4, -0.2) is 73.9 Å². The highest BCUT2D eigenvalue weighted by Gasteiger charge is 2.16. The fourth-order valence-corrected chi connectivity index (χ4v) is 4.09. The zero-order valence-corrected chi connectivity index (χ0v) is 19.3. The van der Waals surface area contributed by atoms with Gasteiger partial charge in [0, 0.05) is 50.0 Å². The van der Waals surface area contributed by atoms with Gasteiger partial charge >= 0.3 is 0 Å². The number of hydrogen-bond donors (Lipinski definition) is 0. The van der Waals surface area contributed by atoms with Gasteiger partial charge in [0.05, 0.1) is 6.61 Å². The van der Waals surface area contributed by atoms with Gasteiger partial charge in [0.15, 0.2) is 0 Å². The Morgan fingerprint density at radius 3 is 2.19 bits per heavy atom. The Kier molecular flexibility index (Phi) is 12.3. The zero-order chi connectivity index (χ0) is 22.3. The fourth-order valence-electron chi connectivity index (χ4n) is 3.96. The molecule has 0 aliphatic carbocycles. The van der Waals surface area contributed by atoms with Gasteiger partial charge in [-0.1, -0.05) is 36.9 Å². The molecule has 1 saturated heterocycles. The van der Waals surface area contributed by atoms with Crippen molar-refractivity contribution in [2.75, 3.05) is 63.9 Å². The van der Waals surface area contributed by atoms with Crippen molar-refractivity contribution in [1.82, 2.24) is 9.80 Å². The first-order valence-corrected chi connectivity index (χ1v) is 11.8. The molecule has 0 unspecified atom stereocenters. The van der Waals surface area contributed by atoms with Gasteiger partial charge in [0.2, 0.25) is 0 Å². The van der Waals surface area contributed by atoms with Crippen molar-refractivity contribution in [2.24, 2.45) is 0 Å². The number of anilines is 1. The van der Waals surface area contributed by atoms with Gasteiger partial charge < -0.3 is 19.5 Å². The van der Waals surface area contributed by atoms with Crippen LogP contribution in [0.25, 0.3) is 0 Å². The van der Waals surface area contributed by atoms with Crippen LogP contribution in [0.1, 0.15) is 38.5 Å². The lowest BCUT2D eigenvalue weighted by molar-refractivity contribution is -0.757. The summed E-state index contributed by atoms with van der Waals surface area (Å²) in [6.07, 6.45) is 8.36. The molecule has 0 aromatic heterocycles. The lowest BCUT2D eigenvalue weighted by atomic mass is 10.1. The average Bonchev–Trinajstić information content (AvgIpc) is 2.76. The zero-order valence-electron chi connectivity index (χ0n) is 18.6. The molecule has 1 aromatic carbocycles. The SMILES string of the molecule is C=CCN(CCCN1CCN(CCCCCCCO[N+](=O)[O-])CC1)c1ccc(Cl)cc1.